The van der Waals surface area contributed by atoms with E-state index in [4.69, 9.17) is 5.11 Å². The average molecular weight is 212 g/mol. The number of carbonyl (C=O) groups is 1. The summed E-state index contributed by atoms with van der Waals surface area (Å²) in [5.74, 6) is -1.31. The molecule has 2 N–H and O–H groups in total. The maximum atomic E-state index is 12.5. The Balaban J connectivity index is 2.36. The Morgan fingerprint density at radius 1 is 1.33 bits per heavy atom. The van der Waals surface area contributed by atoms with Gasteiger partial charge in [-0.25, -0.2) is 4.39 Å². The van der Waals surface area contributed by atoms with Gasteiger partial charge in [0.1, 0.15) is 5.82 Å². The number of hydrogen-bond donors (Lipinski definition) is 2. The van der Waals surface area contributed by atoms with Crippen LogP contribution in [0, 0.1) is 5.82 Å². The van der Waals surface area contributed by atoms with Gasteiger partial charge in [-0.1, -0.05) is 12.1 Å². The van der Waals surface area contributed by atoms with Crippen LogP contribution in [0.3, 0.4) is 0 Å². The summed E-state index contributed by atoms with van der Waals surface area (Å²) in [4.78, 5) is 10.3. The van der Waals surface area contributed by atoms with Crippen LogP contribution in [0.4, 0.5) is 4.39 Å². The molecular weight excluding hydrogens is 199 g/mol. The SMILES string of the molecule is O=C(O)C[C@@H](O)CCc1ccc(F)cc1. The maximum Gasteiger partial charge on any atom is 0.305 e. The summed E-state index contributed by atoms with van der Waals surface area (Å²) < 4.78 is 12.5. The molecule has 0 aliphatic heterocycles. The van der Waals surface area contributed by atoms with E-state index in [9.17, 15) is 14.3 Å². The number of rotatable bonds is 5. The lowest BCUT2D eigenvalue weighted by molar-refractivity contribution is -0.139. The number of aliphatic hydroxyl groups excluding tert-OH is 1. The first-order chi connectivity index (χ1) is 7.08. The molecule has 1 atom stereocenters. The monoisotopic (exact) mass is 212 g/mol. The summed E-state index contributed by atoms with van der Waals surface area (Å²) in [5, 5.41) is 17.7. The van der Waals surface area contributed by atoms with Crippen molar-refractivity contribution in [3.05, 3.63) is 35.6 Å². The second-order valence-corrected chi connectivity index (χ2v) is 3.42. The molecule has 82 valence electrons. The molecule has 1 rings (SSSR count). The second kappa shape index (κ2) is 5.46. The molecule has 4 heteroatoms. The number of aliphatic carboxylic acids is 1. The molecule has 0 bridgehead atoms. The van der Waals surface area contributed by atoms with Gasteiger partial charge >= 0.3 is 5.97 Å². The van der Waals surface area contributed by atoms with Gasteiger partial charge in [0.2, 0.25) is 0 Å². The first-order valence-corrected chi connectivity index (χ1v) is 4.72. The number of carboxylic acids is 1. The molecule has 1 aromatic carbocycles. The van der Waals surface area contributed by atoms with Crippen LogP contribution in [-0.2, 0) is 11.2 Å². The zero-order valence-corrected chi connectivity index (χ0v) is 8.19. The van der Waals surface area contributed by atoms with E-state index in [1.807, 2.05) is 0 Å². The van der Waals surface area contributed by atoms with Crippen LogP contribution in [0.5, 0.6) is 0 Å². The van der Waals surface area contributed by atoms with Crippen molar-refractivity contribution in [3.8, 4) is 0 Å². The average Bonchev–Trinajstić information content (AvgIpc) is 2.16. The molecule has 0 radical (unpaired) electrons. The molecule has 0 saturated heterocycles. The molecule has 0 unspecified atom stereocenters. The summed E-state index contributed by atoms with van der Waals surface area (Å²) in [6.07, 6.45) is -0.166. The van der Waals surface area contributed by atoms with Crippen LogP contribution < -0.4 is 0 Å². The number of hydrogen-bond acceptors (Lipinski definition) is 2. The summed E-state index contributed by atoms with van der Waals surface area (Å²) in [7, 11) is 0. The minimum atomic E-state index is -1.01. The predicted octanol–water partition coefficient (Wildman–Crippen LogP) is 1.59. The van der Waals surface area contributed by atoms with Gasteiger partial charge in [-0.3, -0.25) is 4.79 Å². The summed E-state index contributed by atoms with van der Waals surface area (Å²) in [5.41, 5.74) is 0.890. The lowest BCUT2D eigenvalue weighted by atomic mass is 10.1. The van der Waals surface area contributed by atoms with Gasteiger partial charge in [-0.15, -0.1) is 0 Å². The third-order valence-corrected chi connectivity index (χ3v) is 2.09. The van der Waals surface area contributed by atoms with E-state index in [0.717, 1.165) is 5.56 Å². The normalized spacial score (nSPS) is 12.4. The van der Waals surface area contributed by atoms with Gasteiger partial charge in [0.15, 0.2) is 0 Å². The maximum absolute atomic E-state index is 12.5. The molecule has 0 amide bonds. The molecule has 0 aromatic heterocycles. The number of aliphatic hydroxyl groups is 1. The van der Waals surface area contributed by atoms with Crippen molar-refractivity contribution in [3.63, 3.8) is 0 Å². The Hall–Kier alpha value is -1.42. The molecule has 0 spiro atoms. The van der Waals surface area contributed by atoms with Gasteiger partial charge in [-0.2, -0.15) is 0 Å². The first kappa shape index (κ1) is 11.7. The molecule has 3 nitrogen and oxygen atoms in total. The third kappa shape index (κ3) is 4.56. The summed E-state index contributed by atoms with van der Waals surface area (Å²) in [6.45, 7) is 0. The standard InChI is InChI=1S/C11H13FO3/c12-9-4-1-8(2-5-9)3-6-10(13)7-11(14)15/h1-2,4-5,10,13H,3,6-7H2,(H,14,15)/t10-/m0/s1. The fourth-order valence-corrected chi connectivity index (χ4v) is 1.29. The molecule has 0 aliphatic rings. The van der Waals surface area contributed by atoms with E-state index in [1.54, 1.807) is 12.1 Å². The van der Waals surface area contributed by atoms with Gasteiger partial charge in [0.05, 0.1) is 12.5 Å². The Kier molecular flexibility index (Phi) is 4.24. The number of aryl methyl sites for hydroxylation is 1. The molecule has 0 aliphatic carbocycles. The summed E-state index contributed by atoms with van der Waals surface area (Å²) >= 11 is 0. The van der Waals surface area contributed by atoms with Crippen molar-refractivity contribution in [2.24, 2.45) is 0 Å². The van der Waals surface area contributed by atoms with Gasteiger partial charge in [0, 0.05) is 0 Å². The van der Waals surface area contributed by atoms with Crippen molar-refractivity contribution in [2.45, 2.75) is 25.4 Å². The topological polar surface area (TPSA) is 57.5 Å². The molecule has 0 saturated carbocycles. The Morgan fingerprint density at radius 3 is 2.47 bits per heavy atom. The molecule has 0 heterocycles. The third-order valence-electron chi connectivity index (χ3n) is 2.09. The van der Waals surface area contributed by atoms with Crippen LogP contribution in [0.2, 0.25) is 0 Å². The van der Waals surface area contributed by atoms with Gasteiger partial charge in [-0.05, 0) is 30.5 Å². The van der Waals surface area contributed by atoms with Crippen molar-refractivity contribution in [2.75, 3.05) is 0 Å². The summed E-state index contributed by atoms with van der Waals surface area (Å²) in [6, 6.07) is 5.95. The lowest BCUT2D eigenvalue weighted by Gasteiger charge is -2.07. The van der Waals surface area contributed by atoms with E-state index in [0.29, 0.717) is 12.8 Å². The highest BCUT2D eigenvalue weighted by Crippen LogP contribution is 2.08. The minimum absolute atomic E-state index is 0.249. The van der Waals surface area contributed by atoms with Crippen molar-refractivity contribution < 1.29 is 19.4 Å². The molecular formula is C11H13FO3. The highest BCUT2D eigenvalue weighted by atomic mass is 19.1. The Bertz CT molecular complexity index is 321. The second-order valence-electron chi connectivity index (χ2n) is 3.42. The van der Waals surface area contributed by atoms with E-state index in [-0.39, 0.29) is 12.2 Å². The van der Waals surface area contributed by atoms with E-state index in [1.165, 1.54) is 12.1 Å². The van der Waals surface area contributed by atoms with Crippen LogP contribution >= 0.6 is 0 Å². The zero-order chi connectivity index (χ0) is 11.3. The molecule has 1 aromatic rings. The van der Waals surface area contributed by atoms with Crippen molar-refractivity contribution in [1.29, 1.82) is 0 Å². The highest BCUT2D eigenvalue weighted by Gasteiger charge is 2.09. The van der Waals surface area contributed by atoms with Crippen LogP contribution in [0.25, 0.3) is 0 Å². The van der Waals surface area contributed by atoms with E-state index >= 15 is 0 Å². The fourth-order valence-electron chi connectivity index (χ4n) is 1.29. The van der Waals surface area contributed by atoms with Crippen molar-refractivity contribution in [1.82, 2.24) is 0 Å². The zero-order valence-electron chi connectivity index (χ0n) is 8.19. The largest absolute Gasteiger partial charge is 0.481 e. The van der Waals surface area contributed by atoms with Crippen molar-refractivity contribution >= 4 is 5.97 Å². The van der Waals surface area contributed by atoms with E-state index in [2.05, 4.69) is 0 Å². The molecule has 15 heavy (non-hydrogen) atoms. The first-order valence-electron chi connectivity index (χ1n) is 4.72. The predicted molar refractivity (Wildman–Crippen MR) is 53.0 cm³/mol. The lowest BCUT2D eigenvalue weighted by Crippen LogP contribution is -2.13. The highest BCUT2D eigenvalue weighted by molar-refractivity contribution is 5.67. The number of carboxylic acid groups (broad SMARTS) is 1. The minimum Gasteiger partial charge on any atom is -0.481 e. The van der Waals surface area contributed by atoms with Crippen LogP contribution in [0.15, 0.2) is 24.3 Å². The number of benzene rings is 1. The Labute approximate surface area is 87.2 Å². The van der Waals surface area contributed by atoms with Gasteiger partial charge < -0.3 is 10.2 Å². The number of halogens is 1. The quantitative estimate of drug-likeness (QED) is 0.779. The smallest absolute Gasteiger partial charge is 0.305 e. The van der Waals surface area contributed by atoms with Gasteiger partial charge in [0.25, 0.3) is 0 Å². The molecule has 0 fully saturated rings. The fraction of sp³-hybridized carbons (Fsp3) is 0.364. The van der Waals surface area contributed by atoms with E-state index < -0.39 is 12.1 Å². The van der Waals surface area contributed by atoms with Crippen LogP contribution in [-0.4, -0.2) is 22.3 Å². The Morgan fingerprint density at radius 2 is 1.93 bits per heavy atom. The van der Waals surface area contributed by atoms with Crippen LogP contribution in [0.1, 0.15) is 18.4 Å².